The molecule has 6 heteroatoms. The highest BCUT2D eigenvalue weighted by Crippen LogP contribution is 2.30. The molecular formula is C12H15BrN4S. The highest BCUT2D eigenvalue weighted by Gasteiger charge is 2.09. The minimum Gasteiger partial charge on any atom is -0.398 e. The van der Waals surface area contributed by atoms with E-state index in [4.69, 9.17) is 5.73 Å². The smallest absolute Gasteiger partial charge is 0.138 e. The van der Waals surface area contributed by atoms with Crippen molar-refractivity contribution >= 4 is 33.4 Å². The number of thioether (sulfide) groups is 1. The van der Waals surface area contributed by atoms with E-state index in [2.05, 4.69) is 39.9 Å². The summed E-state index contributed by atoms with van der Waals surface area (Å²) >= 11 is 5.08. The first-order chi connectivity index (χ1) is 8.58. The van der Waals surface area contributed by atoms with Crippen LogP contribution in [0.4, 0.5) is 5.69 Å². The summed E-state index contributed by atoms with van der Waals surface area (Å²) in [7, 11) is 0. The van der Waals surface area contributed by atoms with Gasteiger partial charge in [-0.2, -0.15) is 5.10 Å². The molecule has 2 rings (SSSR count). The van der Waals surface area contributed by atoms with Crippen LogP contribution >= 0.6 is 27.7 Å². The third-order valence-electron chi connectivity index (χ3n) is 2.46. The van der Waals surface area contributed by atoms with Crippen LogP contribution in [-0.2, 0) is 5.75 Å². The minimum absolute atomic E-state index is 0.324. The fourth-order valence-electron chi connectivity index (χ4n) is 1.60. The maximum atomic E-state index is 5.97. The van der Waals surface area contributed by atoms with Gasteiger partial charge < -0.3 is 5.73 Å². The van der Waals surface area contributed by atoms with Crippen molar-refractivity contribution in [3.63, 3.8) is 0 Å². The lowest BCUT2D eigenvalue weighted by Gasteiger charge is -2.10. The number of nitrogens with two attached hydrogens (primary N) is 1. The molecule has 2 aromatic rings. The Hall–Kier alpha value is -1.01. The van der Waals surface area contributed by atoms with Crippen molar-refractivity contribution in [2.75, 3.05) is 5.73 Å². The Morgan fingerprint density at radius 2 is 2.22 bits per heavy atom. The molecule has 0 saturated heterocycles. The summed E-state index contributed by atoms with van der Waals surface area (Å²) in [4.78, 5) is 5.35. The molecule has 0 amide bonds. The molecule has 96 valence electrons. The van der Waals surface area contributed by atoms with Crippen molar-refractivity contribution in [1.82, 2.24) is 14.8 Å². The maximum Gasteiger partial charge on any atom is 0.138 e. The van der Waals surface area contributed by atoms with E-state index in [9.17, 15) is 0 Å². The van der Waals surface area contributed by atoms with Crippen molar-refractivity contribution in [3.8, 4) is 0 Å². The molecule has 2 N–H and O–H groups in total. The molecule has 0 bridgehead atoms. The molecule has 1 aromatic heterocycles. The Morgan fingerprint density at radius 3 is 2.89 bits per heavy atom. The number of rotatable bonds is 4. The number of halogens is 1. The quantitative estimate of drug-likeness (QED) is 0.690. The van der Waals surface area contributed by atoms with Crippen LogP contribution in [0.15, 0.2) is 33.9 Å². The summed E-state index contributed by atoms with van der Waals surface area (Å²) in [5.74, 6) is 1.74. The molecule has 0 unspecified atom stereocenters. The van der Waals surface area contributed by atoms with Gasteiger partial charge >= 0.3 is 0 Å². The largest absolute Gasteiger partial charge is 0.398 e. The average molecular weight is 327 g/mol. The van der Waals surface area contributed by atoms with Crippen LogP contribution in [0.2, 0.25) is 0 Å². The van der Waals surface area contributed by atoms with E-state index in [-0.39, 0.29) is 0 Å². The van der Waals surface area contributed by atoms with Crippen LogP contribution in [0, 0.1) is 0 Å². The monoisotopic (exact) mass is 326 g/mol. The van der Waals surface area contributed by atoms with Gasteiger partial charge in [-0.05, 0) is 32.0 Å². The van der Waals surface area contributed by atoms with Gasteiger partial charge in [0.15, 0.2) is 0 Å². The Labute approximate surface area is 119 Å². The molecule has 0 spiro atoms. The van der Waals surface area contributed by atoms with E-state index in [0.29, 0.717) is 6.04 Å². The molecule has 0 saturated carbocycles. The summed E-state index contributed by atoms with van der Waals surface area (Å²) in [5.41, 5.74) is 6.75. The summed E-state index contributed by atoms with van der Waals surface area (Å²) < 4.78 is 2.93. The molecule has 0 aliphatic heterocycles. The predicted octanol–water partition coefficient (Wildman–Crippen LogP) is 3.50. The van der Waals surface area contributed by atoms with E-state index in [0.717, 1.165) is 26.6 Å². The molecule has 18 heavy (non-hydrogen) atoms. The predicted molar refractivity (Wildman–Crippen MR) is 78.5 cm³/mol. The molecule has 1 heterocycles. The van der Waals surface area contributed by atoms with Gasteiger partial charge in [0.1, 0.15) is 12.2 Å². The lowest BCUT2D eigenvalue weighted by molar-refractivity contribution is 0.514. The van der Waals surface area contributed by atoms with Crippen LogP contribution in [0.1, 0.15) is 25.7 Å². The molecule has 0 aliphatic rings. The standard InChI is InChI=1S/C12H15BrN4S/c1-8(2)17-12(15-7-16-17)6-18-11-4-3-9(13)5-10(11)14/h3-5,7-8H,6,14H2,1-2H3. The number of hydrogen-bond acceptors (Lipinski definition) is 4. The number of nitrogen functional groups attached to an aromatic ring is 1. The second-order valence-corrected chi connectivity index (χ2v) is 6.12. The van der Waals surface area contributed by atoms with Crippen molar-refractivity contribution in [1.29, 1.82) is 0 Å². The second kappa shape index (κ2) is 5.75. The molecule has 0 fully saturated rings. The first-order valence-electron chi connectivity index (χ1n) is 5.64. The van der Waals surface area contributed by atoms with Gasteiger partial charge in [-0.1, -0.05) is 15.9 Å². The number of hydrogen-bond donors (Lipinski definition) is 1. The summed E-state index contributed by atoms with van der Waals surface area (Å²) in [6, 6.07) is 6.24. The third-order valence-corrected chi connectivity index (χ3v) is 4.04. The van der Waals surface area contributed by atoms with Gasteiger partial charge in [-0.15, -0.1) is 11.8 Å². The fourth-order valence-corrected chi connectivity index (χ4v) is 2.86. The Bertz CT molecular complexity index is 539. The van der Waals surface area contributed by atoms with Crippen molar-refractivity contribution in [2.24, 2.45) is 0 Å². The van der Waals surface area contributed by atoms with Crippen LogP contribution in [-0.4, -0.2) is 14.8 Å². The summed E-state index contributed by atoms with van der Waals surface area (Å²) in [5, 5.41) is 4.22. The molecule has 4 nitrogen and oxygen atoms in total. The zero-order valence-corrected chi connectivity index (χ0v) is 12.7. The molecule has 0 atom stereocenters. The molecule has 0 aliphatic carbocycles. The summed E-state index contributed by atoms with van der Waals surface area (Å²) in [6.45, 7) is 4.19. The average Bonchev–Trinajstić information content (AvgIpc) is 2.76. The zero-order valence-electron chi connectivity index (χ0n) is 10.3. The molecule has 0 radical (unpaired) electrons. The van der Waals surface area contributed by atoms with Crippen molar-refractivity contribution in [2.45, 2.75) is 30.5 Å². The van der Waals surface area contributed by atoms with Crippen LogP contribution < -0.4 is 5.73 Å². The molecular weight excluding hydrogens is 312 g/mol. The van der Waals surface area contributed by atoms with Crippen molar-refractivity contribution < 1.29 is 0 Å². The SMILES string of the molecule is CC(C)n1ncnc1CSc1ccc(Br)cc1N. The van der Waals surface area contributed by atoms with Gasteiger partial charge in [0.2, 0.25) is 0 Å². The van der Waals surface area contributed by atoms with Gasteiger partial charge in [0.05, 0.1) is 5.75 Å². The maximum absolute atomic E-state index is 5.97. The third kappa shape index (κ3) is 3.05. The van der Waals surface area contributed by atoms with Crippen LogP contribution in [0.5, 0.6) is 0 Å². The first-order valence-corrected chi connectivity index (χ1v) is 7.42. The fraction of sp³-hybridized carbons (Fsp3) is 0.333. The Morgan fingerprint density at radius 1 is 1.44 bits per heavy atom. The second-order valence-electron chi connectivity index (χ2n) is 4.19. The van der Waals surface area contributed by atoms with Gasteiger partial charge in [-0.3, -0.25) is 0 Å². The molecule has 1 aromatic carbocycles. The van der Waals surface area contributed by atoms with E-state index in [1.54, 1.807) is 18.1 Å². The van der Waals surface area contributed by atoms with E-state index >= 15 is 0 Å². The summed E-state index contributed by atoms with van der Waals surface area (Å²) in [6.07, 6.45) is 1.60. The lowest BCUT2D eigenvalue weighted by atomic mass is 10.3. The van der Waals surface area contributed by atoms with E-state index in [1.807, 2.05) is 22.9 Å². The highest BCUT2D eigenvalue weighted by molar-refractivity contribution is 9.10. The van der Waals surface area contributed by atoms with Crippen LogP contribution in [0.3, 0.4) is 0 Å². The van der Waals surface area contributed by atoms with Crippen LogP contribution in [0.25, 0.3) is 0 Å². The Balaban J connectivity index is 2.09. The number of benzene rings is 1. The first kappa shape index (κ1) is 13.4. The van der Waals surface area contributed by atoms with Crippen molar-refractivity contribution in [3.05, 3.63) is 34.8 Å². The van der Waals surface area contributed by atoms with Gasteiger partial charge in [0, 0.05) is 21.1 Å². The zero-order chi connectivity index (χ0) is 13.1. The van der Waals surface area contributed by atoms with E-state index < -0.39 is 0 Å². The number of nitrogens with zero attached hydrogens (tertiary/aromatic N) is 3. The number of anilines is 1. The van der Waals surface area contributed by atoms with Gasteiger partial charge in [0.25, 0.3) is 0 Å². The topological polar surface area (TPSA) is 56.7 Å². The Kier molecular flexibility index (Phi) is 4.29. The minimum atomic E-state index is 0.324. The van der Waals surface area contributed by atoms with Gasteiger partial charge in [-0.25, -0.2) is 9.67 Å². The number of aromatic nitrogens is 3. The normalized spacial score (nSPS) is 11.1. The lowest BCUT2D eigenvalue weighted by Crippen LogP contribution is -2.07. The highest BCUT2D eigenvalue weighted by atomic mass is 79.9. The van der Waals surface area contributed by atoms with E-state index in [1.165, 1.54) is 0 Å².